The summed E-state index contributed by atoms with van der Waals surface area (Å²) in [7, 11) is -3.60. The molecular weight excluding hydrogens is 290 g/mol. The molecule has 1 aliphatic rings. The predicted molar refractivity (Wildman–Crippen MR) is 81.5 cm³/mol. The number of carbonyl (C=O) groups is 1. The van der Waals surface area contributed by atoms with Crippen molar-refractivity contribution in [3.8, 4) is 0 Å². The van der Waals surface area contributed by atoms with Gasteiger partial charge in [0.15, 0.2) is 0 Å². The Bertz CT molecular complexity index is 595. The molecule has 116 valence electrons. The van der Waals surface area contributed by atoms with Crippen molar-refractivity contribution in [1.29, 1.82) is 0 Å². The second-order valence-corrected chi connectivity index (χ2v) is 6.77. The first-order valence-corrected chi connectivity index (χ1v) is 8.63. The summed E-state index contributed by atoms with van der Waals surface area (Å²) >= 11 is 0. The molecule has 21 heavy (non-hydrogen) atoms. The number of nitrogens with one attached hydrogen (secondary N) is 3. The highest BCUT2D eigenvalue weighted by molar-refractivity contribution is 7.89. The number of anilines is 1. The first-order chi connectivity index (χ1) is 10.0. The lowest BCUT2D eigenvalue weighted by Gasteiger charge is -2.22. The third-order valence-electron chi connectivity index (χ3n) is 3.44. The van der Waals surface area contributed by atoms with Crippen molar-refractivity contribution in [1.82, 2.24) is 10.0 Å². The third-order valence-corrected chi connectivity index (χ3v) is 5.04. The molecule has 1 saturated heterocycles. The number of piperidine rings is 1. The Morgan fingerprint density at radius 3 is 2.81 bits per heavy atom. The number of amides is 1. The van der Waals surface area contributed by atoms with E-state index in [1.165, 1.54) is 6.07 Å². The van der Waals surface area contributed by atoms with Gasteiger partial charge in [-0.3, -0.25) is 4.79 Å². The third kappa shape index (κ3) is 4.03. The zero-order valence-electron chi connectivity index (χ0n) is 12.1. The van der Waals surface area contributed by atoms with E-state index in [9.17, 15) is 13.2 Å². The van der Waals surface area contributed by atoms with Gasteiger partial charge in [-0.2, -0.15) is 0 Å². The van der Waals surface area contributed by atoms with Crippen LogP contribution in [0.2, 0.25) is 0 Å². The van der Waals surface area contributed by atoms with E-state index in [1.807, 2.05) is 0 Å². The Morgan fingerprint density at radius 2 is 2.14 bits per heavy atom. The van der Waals surface area contributed by atoms with Gasteiger partial charge in [-0.05, 0) is 31.5 Å². The molecule has 1 heterocycles. The van der Waals surface area contributed by atoms with Crippen molar-refractivity contribution in [3.63, 3.8) is 0 Å². The molecule has 7 heteroatoms. The van der Waals surface area contributed by atoms with Gasteiger partial charge in [-0.15, -0.1) is 0 Å². The van der Waals surface area contributed by atoms with Crippen LogP contribution in [-0.2, 0) is 14.8 Å². The van der Waals surface area contributed by atoms with Crippen LogP contribution >= 0.6 is 0 Å². The molecule has 0 aliphatic carbocycles. The first kappa shape index (κ1) is 15.9. The van der Waals surface area contributed by atoms with Crippen LogP contribution in [0.25, 0.3) is 0 Å². The lowest BCUT2D eigenvalue weighted by Crippen LogP contribution is -2.37. The highest BCUT2D eigenvalue weighted by Gasteiger charge is 2.23. The van der Waals surface area contributed by atoms with Crippen LogP contribution in [0.15, 0.2) is 29.2 Å². The average molecular weight is 311 g/mol. The molecule has 2 rings (SSSR count). The fraction of sp³-hybridized carbons (Fsp3) is 0.500. The molecule has 0 aromatic heterocycles. The molecule has 1 aromatic carbocycles. The molecule has 6 nitrogen and oxygen atoms in total. The number of benzene rings is 1. The maximum absolute atomic E-state index is 12.2. The fourth-order valence-corrected chi connectivity index (χ4v) is 3.58. The monoisotopic (exact) mass is 311 g/mol. The van der Waals surface area contributed by atoms with Crippen LogP contribution in [0.4, 0.5) is 5.69 Å². The van der Waals surface area contributed by atoms with Gasteiger partial charge in [0.25, 0.3) is 0 Å². The summed E-state index contributed by atoms with van der Waals surface area (Å²) in [6.45, 7) is 3.58. The first-order valence-electron chi connectivity index (χ1n) is 7.15. The Morgan fingerprint density at radius 1 is 1.38 bits per heavy atom. The molecule has 1 aromatic rings. The molecule has 0 spiro atoms. The zero-order chi connectivity index (χ0) is 15.3. The molecule has 3 N–H and O–H groups in total. The minimum absolute atomic E-state index is 0.101. The molecule has 0 saturated carbocycles. The van der Waals surface area contributed by atoms with Crippen molar-refractivity contribution in [2.24, 2.45) is 5.92 Å². The highest BCUT2D eigenvalue weighted by atomic mass is 32.2. The lowest BCUT2D eigenvalue weighted by molar-refractivity contribution is -0.120. The Kier molecular flexibility index (Phi) is 5.33. The van der Waals surface area contributed by atoms with Gasteiger partial charge in [-0.1, -0.05) is 19.1 Å². The number of carbonyl (C=O) groups excluding carboxylic acids is 1. The maximum Gasteiger partial charge on any atom is 0.242 e. The van der Waals surface area contributed by atoms with E-state index in [-0.39, 0.29) is 16.7 Å². The van der Waals surface area contributed by atoms with Crippen LogP contribution in [0, 0.1) is 5.92 Å². The summed E-state index contributed by atoms with van der Waals surface area (Å²) in [5.41, 5.74) is 0.328. The second kappa shape index (κ2) is 7.02. The second-order valence-electron chi connectivity index (χ2n) is 5.03. The minimum atomic E-state index is -3.60. The van der Waals surface area contributed by atoms with Crippen LogP contribution in [0.5, 0.6) is 0 Å². The van der Waals surface area contributed by atoms with Gasteiger partial charge in [-0.25, -0.2) is 13.1 Å². The number of sulfonamides is 1. The summed E-state index contributed by atoms with van der Waals surface area (Å²) < 4.78 is 26.7. The molecule has 1 amide bonds. The smallest absolute Gasteiger partial charge is 0.242 e. The number of para-hydroxylation sites is 1. The zero-order valence-corrected chi connectivity index (χ0v) is 12.9. The van der Waals surface area contributed by atoms with Crippen LogP contribution < -0.4 is 15.4 Å². The summed E-state index contributed by atoms with van der Waals surface area (Å²) in [5, 5.41) is 5.92. The topological polar surface area (TPSA) is 87.3 Å². The summed E-state index contributed by atoms with van der Waals surface area (Å²) in [4.78, 5) is 12.3. The van der Waals surface area contributed by atoms with Gasteiger partial charge in [0, 0.05) is 13.1 Å². The van der Waals surface area contributed by atoms with Gasteiger partial charge < -0.3 is 10.6 Å². The standard InChI is InChI=1S/C14H21N3O3S/c1-2-16-21(19,20)13-8-4-3-7-12(13)17-14(18)11-6-5-9-15-10-11/h3-4,7-8,11,15-16H,2,5-6,9-10H2,1H3,(H,17,18)/t11-/m0/s1. The van der Waals surface area contributed by atoms with E-state index in [1.54, 1.807) is 25.1 Å². The Labute approximate surface area is 125 Å². The Balaban J connectivity index is 2.18. The van der Waals surface area contributed by atoms with Crippen LogP contribution in [0.3, 0.4) is 0 Å². The van der Waals surface area contributed by atoms with Crippen molar-refractivity contribution in [3.05, 3.63) is 24.3 Å². The quantitative estimate of drug-likeness (QED) is 0.755. The summed E-state index contributed by atoms with van der Waals surface area (Å²) in [5.74, 6) is -0.255. The largest absolute Gasteiger partial charge is 0.325 e. The summed E-state index contributed by atoms with van der Waals surface area (Å²) in [6.07, 6.45) is 1.77. The maximum atomic E-state index is 12.2. The normalized spacial score (nSPS) is 19.2. The van der Waals surface area contributed by atoms with Gasteiger partial charge in [0.1, 0.15) is 4.90 Å². The fourth-order valence-electron chi connectivity index (χ4n) is 2.38. The van der Waals surface area contributed by atoms with Crippen LogP contribution in [-0.4, -0.2) is 34.0 Å². The molecule has 1 fully saturated rings. The van der Waals surface area contributed by atoms with E-state index in [0.29, 0.717) is 18.8 Å². The Hall–Kier alpha value is -1.44. The van der Waals surface area contributed by atoms with Crippen molar-refractivity contribution >= 4 is 21.6 Å². The summed E-state index contributed by atoms with van der Waals surface area (Å²) in [6, 6.07) is 6.45. The van der Waals surface area contributed by atoms with Gasteiger partial charge >= 0.3 is 0 Å². The van der Waals surface area contributed by atoms with Gasteiger partial charge in [0.05, 0.1) is 11.6 Å². The van der Waals surface area contributed by atoms with Crippen molar-refractivity contribution < 1.29 is 13.2 Å². The average Bonchev–Trinajstić information content (AvgIpc) is 2.48. The van der Waals surface area contributed by atoms with E-state index in [0.717, 1.165) is 19.4 Å². The SMILES string of the molecule is CCNS(=O)(=O)c1ccccc1NC(=O)[C@H]1CCCNC1. The number of rotatable bonds is 5. The van der Waals surface area contributed by atoms with Crippen LogP contribution in [0.1, 0.15) is 19.8 Å². The molecule has 0 radical (unpaired) electrons. The molecule has 1 atom stereocenters. The molecule has 1 aliphatic heterocycles. The molecular formula is C14H21N3O3S. The van der Waals surface area contributed by atoms with Crippen molar-refractivity contribution in [2.45, 2.75) is 24.7 Å². The van der Waals surface area contributed by atoms with Gasteiger partial charge in [0.2, 0.25) is 15.9 Å². The molecule has 0 bridgehead atoms. The van der Waals surface area contributed by atoms with Crippen molar-refractivity contribution in [2.75, 3.05) is 25.0 Å². The van der Waals surface area contributed by atoms with E-state index in [2.05, 4.69) is 15.4 Å². The number of hydrogen-bond acceptors (Lipinski definition) is 4. The number of hydrogen-bond donors (Lipinski definition) is 3. The molecule has 0 unspecified atom stereocenters. The van der Waals surface area contributed by atoms with E-state index < -0.39 is 10.0 Å². The predicted octanol–water partition coefficient (Wildman–Crippen LogP) is 0.923. The van der Waals surface area contributed by atoms with E-state index >= 15 is 0 Å². The minimum Gasteiger partial charge on any atom is -0.325 e. The van der Waals surface area contributed by atoms with E-state index in [4.69, 9.17) is 0 Å². The lowest BCUT2D eigenvalue weighted by atomic mass is 9.99. The highest BCUT2D eigenvalue weighted by Crippen LogP contribution is 2.22.